The molecule has 0 saturated carbocycles. The minimum Gasteiger partial charge on any atom is -0.241 e. The summed E-state index contributed by atoms with van der Waals surface area (Å²) >= 11 is 0. The van der Waals surface area contributed by atoms with E-state index < -0.39 is 0 Å². The van der Waals surface area contributed by atoms with Crippen LogP contribution in [0.15, 0.2) is 36.9 Å². The lowest BCUT2D eigenvalue weighted by Gasteiger charge is -2.13. The lowest BCUT2D eigenvalue weighted by molar-refractivity contribution is 0.656. The zero-order valence-corrected chi connectivity index (χ0v) is 11.3. The number of hydrogen-bond acceptors (Lipinski definition) is 4. The SMILES string of the molecule is CCC[C](CCCc1ncccn1)c1ncccn1. The Morgan fingerprint density at radius 3 is 2.16 bits per heavy atom. The average molecular weight is 255 g/mol. The first-order valence-electron chi connectivity index (χ1n) is 6.78. The van der Waals surface area contributed by atoms with Gasteiger partial charge in [0.25, 0.3) is 0 Å². The van der Waals surface area contributed by atoms with Gasteiger partial charge in [0.15, 0.2) is 0 Å². The molecule has 2 aromatic heterocycles. The first kappa shape index (κ1) is 13.6. The van der Waals surface area contributed by atoms with E-state index in [1.807, 2.05) is 12.1 Å². The van der Waals surface area contributed by atoms with Crippen LogP contribution < -0.4 is 0 Å². The molecule has 0 atom stereocenters. The molecule has 2 heterocycles. The number of aromatic nitrogens is 4. The summed E-state index contributed by atoms with van der Waals surface area (Å²) in [6, 6.07) is 3.70. The molecule has 0 aliphatic carbocycles. The molecule has 0 bridgehead atoms. The van der Waals surface area contributed by atoms with E-state index >= 15 is 0 Å². The van der Waals surface area contributed by atoms with Crippen LogP contribution in [0.3, 0.4) is 0 Å². The van der Waals surface area contributed by atoms with Gasteiger partial charge in [-0.2, -0.15) is 0 Å². The molecule has 0 unspecified atom stereocenters. The molecule has 19 heavy (non-hydrogen) atoms. The van der Waals surface area contributed by atoms with Crippen molar-refractivity contribution < 1.29 is 0 Å². The van der Waals surface area contributed by atoms with Crippen molar-refractivity contribution in [3.63, 3.8) is 0 Å². The standard InChI is InChI=1S/C15H19N4/c1-2-6-13(15-18-11-5-12-19-15)7-3-8-14-16-9-4-10-17-14/h4-5,9-12H,2-3,6-8H2,1H3. The van der Waals surface area contributed by atoms with Crippen molar-refractivity contribution in [3.8, 4) is 0 Å². The number of aryl methyl sites for hydroxylation is 1. The summed E-state index contributed by atoms with van der Waals surface area (Å²) in [4.78, 5) is 17.2. The molecule has 0 saturated heterocycles. The fourth-order valence-electron chi connectivity index (χ4n) is 2.05. The number of rotatable bonds is 7. The highest BCUT2D eigenvalue weighted by Crippen LogP contribution is 2.22. The van der Waals surface area contributed by atoms with Gasteiger partial charge in [-0.05, 0) is 31.4 Å². The van der Waals surface area contributed by atoms with E-state index in [1.54, 1.807) is 24.8 Å². The quantitative estimate of drug-likeness (QED) is 0.763. The van der Waals surface area contributed by atoms with Crippen LogP contribution in [0.4, 0.5) is 0 Å². The van der Waals surface area contributed by atoms with Gasteiger partial charge in [0.1, 0.15) is 11.6 Å². The predicted octanol–water partition coefficient (Wildman–Crippen LogP) is 3.01. The second kappa shape index (κ2) is 7.56. The zero-order valence-electron chi connectivity index (χ0n) is 11.3. The normalized spacial score (nSPS) is 10.8. The first-order valence-corrected chi connectivity index (χ1v) is 6.78. The molecule has 0 aliphatic heterocycles. The highest BCUT2D eigenvalue weighted by atomic mass is 14.9. The summed E-state index contributed by atoms with van der Waals surface area (Å²) in [7, 11) is 0. The fourth-order valence-corrected chi connectivity index (χ4v) is 2.05. The van der Waals surface area contributed by atoms with Gasteiger partial charge >= 0.3 is 0 Å². The fraction of sp³-hybridized carbons (Fsp3) is 0.400. The first-order chi connectivity index (χ1) is 9.40. The van der Waals surface area contributed by atoms with E-state index in [1.165, 1.54) is 5.92 Å². The largest absolute Gasteiger partial charge is 0.241 e. The van der Waals surface area contributed by atoms with Gasteiger partial charge in [-0.25, -0.2) is 19.9 Å². The van der Waals surface area contributed by atoms with Crippen molar-refractivity contribution in [2.45, 2.75) is 39.0 Å². The molecule has 99 valence electrons. The van der Waals surface area contributed by atoms with Gasteiger partial charge in [0.2, 0.25) is 0 Å². The van der Waals surface area contributed by atoms with Crippen LogP contribution in [-0.2, 0) is 6.42 Å². The Labute approximate surface area is 114 Å². The van der Waals surface area contributed by atoms with Crippen LogP contribution in [0.5, 0.6) is 0 Å². The Bertz CT molecular complexity index is 458. The van der Waals surface area contributed by atoms with Crippen molar-refractivity contribution in [2.75, 3.05) is 0 Å². The lowest BCUT2D eigenvalue weighted by Crippen LogP contribution is -2.06. The average Bonchev–Trinajstić information content (AvgIpc) is 2.48. The molecule has 0 amide bonds. The number of hydrogen-bond donors (Lipinski definition) is 0. The summed E-state index contributed by atoms with van der Waals surface area (Å²) in [5, 5.41) is 0. The third-order valence-corrected chi connectivity index (χ3v) is 2.93. The third-order valence-electron chi connectivity index (χ3n) is 2.93. The molecule has 0 spiro atoms. The van der Waals surface area contributed by atoms with Crippen LogP contribution in [0.25, 0.3) is 0 Å². The maximum atomic E-state index is 4.34. The van der Waals surface area contributed by atoms with E-state index in [4.69, 9.17) is 0 Å². The maximum Gasteiger partial charge on any atom is 0.135 e. The maximum absolute atomic E-state index is 4.34. The molecule has 0 fully saturated rings. The molecular weight excluding hydrogens is 236 g/mol. The van der Waals surface area contributed by atoms with Gasteiger partial charge < -0.3 is 0 Å². The molecule has 4 nitrogen and oxygen atoms in total. The molecule has 2 aromatic rings. The van der Waals surface area contributed by atoms with E-state index in [-0.39, 0.29) is 0 Å². The van der Waals surface area contributed by atoms with Crippen LogP contribution in [0, 0.1) is 5.92 Å². The second-order valence-corrected chi connectivity index (χ2v) is 4.44. The smallest absolute Gasteiger partial charge is 0.135 e. The van der Waals surface area contributed by atoms with E-state index in [0.29, 0.717) is 0 Å². The Hall–Kier alpha value is -1.84. The van der Waals surface area contributed by atoms with E-state index in [9.17, 15) is 0 Å². The summed E-state index contributed by atoms with van der Waals surface area (Å²) in [6.45, 7) is 2.18. The van der Waals surface area contributed by atoms with E-state index in [0.717, 1.165) is 43.8 Å². The van der Waals surface area contributed by atoms with Crippen molar-refractivity contribution in [1.82, 2.24) is 19.9 Å². The minimum atomic E-state index is 0.887. The highest BCUT2D eigenvalue weighted by Gasteiger charge is 2.14. The van der Waals surface area contributed by atoms with Gasteiger partial charge in [0.05, 0.1) is 0 Å². The molecule has 0 aromatic carbocycles. The summed E-state index contributed by atoms with van der Waals surface area (Å²) < 4.78 is 0. The van der Waals surface area contributed by atoms with Gasteiger partial charge in [-0.3, -0.25) is 0 Å². The Balaban J connectivity index is 1.87. The monoisotopic (exact) mass is 255 g/mol. The Kier molecular flexibility index (Phi) is 5.41. The zero-order chi connectivity index (χ0) is 13.3. The minimum absolute atomic E-state index is 0.887. The van der Waals surface area contributed by atoms with Crippen molar-refractivity contribution >= 4 is 0 Å². The van der Waals surface area contributed by atoms with Crippen LogP contribution >= 0.6 is 0 Å². The van der Waals surface area contributed by atoms with Gasteiger partial charge in [-0.1, -0.05) is 13.3 Å². The van der Waals surface area contributed by atoms with Crippen molar-refractivity contribution in [3.05, 3.63) is 54.5 Å². The van der Waals surface area contributed by atoms with Crippen molar-refractivity contribution in [1.29, 1.82) is 0 Å². The Morgan fingerprint density at radius 2 is 1.53 bits per heavy atom. The molecule has 1 radical (unpaired) electrons. The molecule has 0 N–H and O–H groups in total. The van der Waals surface area contributed by atoms with Crippen LogP contribution in [0.2, 0.25) is 0 Å². The van der Waals surface area contributed by atoms with Crippen molar-refractivity contribution in [2.24, 2.45) is 0 Å². The summed E-state index contributed by atoms with van der Waals surface area (Å²) in [5.74, 6) is 3.13. The molecule has 2 rings (SSSR count). The van der Waals surface area contributed by atoms with Crippen LogP contribution in [0.1, 0.15) is 44.3 Å². The molecular formula is C15H19N4. The topological polar surface area (TPSA) is 51.6 Å². The highest BCUT2D eigenvalue weighted by molar-refractivity contribution is 5.14. The van der Waals surface area contributed by atoms with Crippen LogP contribution in [-0.4, -0.2) is 19.9 Å². The molecule has 0 aliphatic rings. The summed E-state index contributed by atoms with van der Waals surface area (Å²) in [6.07, 6.45) is 12.3. The molecule has 4 heteroatoms. The Morgan fingerprint density at radius 1 is 0.895 bits per heavy atom. The second-order valence-electron chi connectivity index (χ2n) is 4.44. The lowest BCUT2D eigenvalue weighted by atomic mass is 9.96. The van der Waals surface area contributed by atoms with Gasteiger partial charge in [-0.15, -0.1) is 0 Å². The summed E-state index contributed by atoms with van der Waals surface area (Å²) in [5.41, 5.74) is 0. The van der Waals surface area contributed by atoms with Gasteiger partial charge in [0, 0.05) is 37.1 Å². The number of nitrogens with zero attached hydrogens (tertiary/aromatic N) is 4. The van der Waals surface area contributed by atoms with E-state index in [2.05, 4.69) is 26.9 Å². The predicted molar refractivity (Wildman–Crippen MR) is 74.3 cm³/mol. The third kappa shape index (κ3) is 4.39.